The quantitative estimate of drug-likeness (QED) is 0.563. The zero-order valence-corrected chi connectivity index (χ0v) is 15.5. The molecule has 0 radical (unpaired) electrons. The van der Waals surface area contributed by atoms with Gasteiger partial charge in [-0.05, 0) is 40.1 Å². The van der Waals surface area contributed by atoms with Crippen LogP contribution in [0.25, 0.3) is 10.8 Å². The highest BCUT2D eigenvalue weighted by atomic mass is 16.5. The summed E-state index contributed by atoms with van der Waals surface area (Å²) in [5.41, 5.74) is 2.43. The van der Waals surface area contributed by atoms with Crippen LogP contribution in [0.4, 0.5) is 0 Å². The van der Waals surface area contributed by atoms with Crippen LogP contribution in [0.5, 0.6) is 5.75 Å². The number of hydrogen-bond donors (Lipinski definition) is 1. The highest BCUT2D eigenvalue weighted by molar-refractivity contribution is 5.92. The van der Waals surface area contributed by atoms with E-state index in [1.165, 1.54) is 0 Å². The molecule has 0 bridgehead atoms. The normalized spacial score (nSPS) is 10.8. The number of aromatic nitrogens is 3. The topological polar surface area (TPSA) is 69.0 Å². The van der Waals surface area contributed by atoms with Crippen LogP contribution in [0.15, 0.2) is 72.9 Å². The average molecular weight is 372 g/mol. The summed E-state index contributed by atoms with van der Waals surface area (Å²) in [6, 6.07) is 21.9. The van der Waals surface area contributed by atoms with Crippen LogP contribution in [0.2, 0.25) is 0 Å². The van der Waals surface area contributed by atoms with Crippen molar-refractivity contribution in [2.24, 2.45) is 0 Å². The summed E-state index contributed by atoms with van der Waals surface area (Å²) in [5.74, 6) is 0.585. The Hall–Kier alpha value is -3.67. The maximum absolute atomic E-state index is 12.4. The number of nitrogens with one attached hydrogen (secondary N) is 1. The Morgan fingerprint density at radius 2 is 1.79 bits per heavy atom. The number of carbonyl (C=O) groups is 1. The molecule has 1 amide bonds. The van der Waals surface area contributed by atoms with Gasteiger partial charge in [-0.3, -0.25) is 4.79 Å². The molecule has 0 saturated heterocycles. The molecule has 3 aromatic carbocycles. The second-order valence-corrected chi connectivity index (χ2v) is 6.52. The second-order valence-electron chi connectivity index (χ2n) is 6.52. The van der Waals surface area contributed by atoms with Crippen molar-refractivity contribution in [3.63, 3.8) is 0 Å². The van der Waals surface area contributed by atoms with E-state index in [2.05, 4.69) is 21.7 Å². The first-order chi connectivity index (χ1) is 13.7. The van der Waals surface area contributed by atoms with Gasteiger partial charge in [0.25, 0.3) is 5.91 Å². The minimum absolute atomic E-state index is 0.242. The van der Waals surface area contributed by atoms with Gasteiger partial charge in [0.1, 0.15) is 5.75 Å². The molecule has 28 heavy (non-hydrogen) atoms. The van der Waals surface area contributed by atoms with Crippen molar-refractivity contribution in [1.29, 1.82) is 0 Å². The summed E-state index contributed by atoms with van der Waals surface area (Å²) < 4.78 is 6.91. The van der Waals surface area contributed by atoms with Gasteiger partial charge in [0, 0.05) is 6.54 Å². The van der Waals surface area contributed by atoms with Gasteiger partial charge in [-0.2, -0.15) is 0 Å². The van der Waals surface area contributed by atoms with Gasteiger partial charge >= 0.3 is 0 Å². The second kappa shape index (κ2) is 7.92. The predicted octanol–water partition coefficient (Wildman–Crippen LogP) is 3.42. The maximum Gasteiger partial charge on any atom is 0.273 e. The van der Waals surface area contributed by atoms with E-state index in [4.69, 9.17) is 4.74 Å². The summed E-state index contributed by atoms with van der Waals surface area (Å²) in [5, 5.41) is 13.1. The molecular formula is C22H20N4O2. The van der Waals surface area contributed by atoms with E-state index in [0.717, 1.165) is 27.6 Å². The summed E-state index contributed by atoms with van der Waals surface area (Å²) in [4.78, 5) is 12.4. The number of hydrogen-bond acceptors (Lipinski definition) is 4. The zero-order chi connectivity index (χ0) is 19.3. The van der Waals surface area contributed by atoms with Crippen molar-refractivity contribution in [1.82, 2.24) is 20.3 Å². The van der Waals surface area contributed by atoms with Crippen LogP contribution in [-0.4, -0.2) is 28.0 Å². The number of benzene rings is 3. The number of rotatable bonds is 6. The molecular weight excluding hydrogens is 352 g/mol. The van der Waals surface area contributed by atoms with Crippen molar-refractivity contribution in [3.8, 4) is 5.75 Å². The van der Waals surface area contributed by atoms with Crippen LogP contribution < -0.4 is 10.1 Å². The lowest BCUT2D eigenvalue weighted by Gasteiger charge is -2.06. The average Bonchev–Trinajstić information content (AvgIpc) is 3.20. The number of carbonyl (C=O) groups excluding carboxylic acids is 1. The minimum atomic E-state index is -0.242. The van der Waals surface area contributed by atoms with E-state index in [1.807, 2.05) is 60.7 Å². The van der Waals surface area contributed by atoms with Crippen LogP contribution in [0.1, 0.15) is 21.6 Å². The number of fused-ring (bicyclic) bond motifs is 1. The molecule has 0 aliphatic rings. The van der Waals surface area contributed by atoms with E-state index >= 15 is 0 Å². The van der Waals surface area contributed by atoms with Gasteiger partial charge in [-0.1, -0.05) is 53.7 Å². The standard InChI is InChI=1S/C22H20N4O2/c1-28-20-10-9-18-11-17(7-8-19(18)12-20)13-23-22(27)21-15-26(25-24-21)14-16-5-3-2-4-6-16/h2-12,15H,13-14H2,1H3,(H,23,27). The van der Waals surface area contributed by atoms with Crippen molar-refractivity contribution in [2.75, 3.05) is 7.11 Å². The molecule has 0 spiro atoms. The fraction of sp³-hybridized carbons (Fsp3) is 0.136. The molecule has 1 aromatic heterocycles. The van der Waals surface area contributed by atoms with Gasteiger partial charge in [0.05, 0.1) is 19.9 Å². The molecule has 1 heterocycles. The molecule has 0 fully saturated rings. The molecule has 0 saturated carbocycles. The van der Waals surface area contributed by atoms with Gasteiger partial charge in [0.2, 0.25) is 0 Å². The molecule has 1 N–H and O–H groups in total. The molecule has 0 atom stereocenters. The fourth-order valence-electron chi connectivity index (χ4n) is 3.03. The molecule has 4 rings (SSSR count). The smallest absolute Gasteiger partial charge is 0.273 e. The first-order valence-corrected chi connectivity index (χ1v) is 9.00. The van der Waals surface area contributed by atoms with Gasteiger partial charge < -0.3 is 10.1 Å². The number of methoxy groups -OCH3 is 1. The van der Waals surface area contributed by atoms with Crippen molar-refractivity contribution >= 4 is 16.7 Å². The van der Waals surface area contributed by atoms with Gasteiger partial charge in [-0.15, -0.1) is 5.10 Å². The molecule has 6 nitrogen and oxygen atoms in total. The monoisotopic (exact) mass is 372 g/mol. The van der Waals surface area contributed by atoms with Gasteiger partial charge in [0.15, 0.2) is 5.69 Å². The molecule has 0 aliphatic heterocycles. The molecule has 6 heteroatoms. The van der Waals surface area contributed by atoms with E-state index < -0.39 is 0 Å². The van der Waals surface area contributed by atoms with E-state index in [-0.39, 0.29) is 5.91 Å². The first-order valence-electron chi connectivity index (χ1n) is 9.00. The molecule has 4 aromatic rings. The van der Waals surface area contributed by atoms with Crippen molar-refractivity contribution < 1.29 is 9.53 Å². The summed E-state index contributed by atoms with van der Waals surface area (Å²) >= 11 is 0. The Morgan fingerprint density at radius 1 is 1.00 bits per heavy atom. The summed E-state index contributed by atoms with van der Waals surface area (Å²) in [6.07, 6.45) is 1.66. The zero-order valence-electron chi connectivity index (χ0n) is 15.5. The number of ether oxygens (including phenoxy) is 1. The Morgan fingerprint density at radius 3 is 2.61 bits per heavy atom. The summed E-state index contributed by atoms with van der Waals surface area (Å²) in [6.45, 7) is 1.00. The molecule has 140 valence electrons. The number of nitrogens with zero attached hydrogens (tertiary/aromatic N) is 3. The van der Waals surface area contributed by atoms with E-state index in [1.54, 1.807) is 18.0 Å². The third kappa shape index (κ3) is 4.01. The third-order valence-corrected chi connectivity index (χ3v) is 4.52. The minimum Gasteiger partial charge on any atom is -0.497 e. The first kappa shape index (κ1) is 17.7. The van der Waals surface area contributed by atoms with Gasteiger partial charge in [-0.25, -0.2) is 4.68 Å². The highest BCUT2D eigenvalue weighted by Crippen LogP contribution is 2.21. The maximum atomic E-state index is 12.4. The molecule has 0 unspecified atom stereocenters. The Labute approximate surface area is 162 Å². The lowest BCUT2D eigenvalue weighted by molar-refractivity contribution is 0.0946. The van der Waals surface area contributed by atoms with Crippen LogP contribution in [0.3, 0.4) is 0 Å². The summed E-state index contributed by atoms with van der Waals surface area (Å²) in [7, 11) is 1.65. The Bertz CT molecular complexity index is 1110. The highest BCUT2D eigenvalue weighted by Gasteiger charge is 2.11. The lowest BCUT2D eigenvalue weighted by atomic mass is 10.1. The fourth-order valence-corrected chi connectivity index (χ4v) is 3.03. The van der Waals surface area contributed by atoms with Crippen LogP contribution in [-0.2, 0) is 13.1 Å². The Kier molecular flexibility index (Phi) is 5.01. The number of amides is 1. The van der Waals surface area contributed by atoms with Crippen LogP contribution >= 0.6 is 0 Å². The van der Waals surface area contributed by atoms with Crippen molar-refractivity contribution in [2.45, 2.75) is 13.1 Å². The van der Waals surface area contributed by atoms with Crippen LogP contribution in [0, 0.1) is 0 Å². The lowest BCUT2D eigenvalue weighted by Crippen LogP contribution is -2.23. The van der Waals surface area contributed by atoms with E-state index in [9.17, 15) is 4.79 Å². The third-order valence-electron chi connectivity index (χ3n) is 4.52. The van der Waals surface area contributed by atoms with Crippen molar-refractivity contribution in [3.05, 3.63) is 89.7 Å². The molecule has 0 aliphatic carbocycles. The SMILES string of the molecule is COc1ccc2cc(CNC(=O)c3cn(Cc4ccccc4)nn3)ccc2c1. The largest absolute Gasteiger partial charge is 0.497 e. The Balaban J connectivity index is 1.39. The predicted molar refractivity (Wildman–Crippen MR) is 107 cm³/mol. The van der Waals surface area contributed by atoms with E-state index in [0.29, 0.717) is 18.8 Å².